The maximum Gasteiger partial charge on any atom is 0.252 e. The Bertz CT molecular complexity index is 825. The van der Waals surface area contributed by atoms with Crippen molar-refractivity contribution in [3.05, 3.63) is 53.4 Å². The summed E-state index contributed by atoms with van der Waals surface area (Å²) in [6, 6.07) is 14.4. The molecule has 1 saturated carbocycles. The lowest BCUT2D eigenvalue weighted by atomic mass is 10.0. The molecule has 1 aromatic carbocycles. The fourth-order valence-electron chi connectivity index (χ4n) is 4.11. The van der Waals surface area contributed by atoms with Crippen LogP contribution in [0.2, 0.25) is 0 Å². The zero-order chi connectivity index (χ0) is 19.4. The number of nitrogens with zero attached hydrogens (tertiary/aromatic N) is 2. The standard InChI is InChI=1S/C22H30N2O2S2/c25-28(26,22-9-5-17-27-22)24(18-20-10-11-20)21-12-15-23(16-13-21)14-4-8-19-6-2-1-3-7-19/h1-3,5-7,9,17,20-21H,4,8,10-16,18H2. The van der Waals surface area contributed by atoms with E-state index in [9.17, 15) is 8.42 Å². The minimum absolute atomic E-state index is 0.151. The Morgan fingerprint density at radius 1 is 1.00 bits per heavy atom. The lowest BCUT2D eigenvalue weighted by Crippen LogP contribution is -2.48. The van der Waals surface area contributed by atoms with Crippen LogP contribution in [0.15, 0.2) is 52.1 Å². The zero-order valence-corrected chi connectivity index (χ0v) is 18.0. The summed E-state index contributed by atoms with van der Waals surface area (Å²) < 4.78 is 28.7. The predicted molar refractivity (Wildman–Crippen MR) is 115 cm³/mol. The molecule has 0 unspecified atom stereocenters. The van der Waals surface area contributed by atoms with Gasteiger partial charge in [-0.2, -0.15) is 4.31 Å². The van der Waals surface area contributed by atoms with Crippen LogP contribution in [0, 0.1) is 5.92 Å². The number of sulfonamides is 1. The van der Waals surface area contributed by atoms with Crippen molar-refractivity contribution in [2.45, 2.75) is 48.8 Å². The lowest BCUT2D eigenvalue weighted by Gasteiger charge is -2.37. The first-order chi connectivity index (χ1) is 13.6. The van der Waals surface area contributed by atoms with E-state index in [-0.39, 0.29) is 6.04 Å². The van der Waals surface area contributed by atoms with Crippen LogP contribution in [0.5, 0.6) is 0 Å². The number of thiophene rings is 1. The number of rotatable bonds is 9. The fraction of sp³-hybridized carbons (Fsp3) is 0.545. The number of hydrogen-bond acceptors (Lipinski definition) is 4. The second-order valence-corrected chi connectivity index (χ2v) is 11.2. The summed E-state index contributed by atoms with van der Waals surface area (Å²) in [5.74, 6) is 0.568. The third-order valence-corrected chi connectivity index (χ3v) is 9.23. The van der Waals surface area contributed by atoms with E-state index in [1.165, 1.54) is 29.7 Å². The van der Waals surface area contributed by atoms with E-state index < -0.39 is 10.0 Å². The molecule has 0 atom stereocenters. The molecule has 4 nitrogen and oxygen atoms in total. The molecule has 0 amide bonds. The van der Waals surface area contributed by atoms with Gasteiger partial charge in [-0.05, 0) is 81.1 Å². The highest BCUT2D eigenvalue weighted by atomic mass is 32.2. The Hall–Kier alpha value is -1.21. The number of benzene rings is 1. The van der Waals surface area contributed by atoms with Gasteiger partial charge in [0, 0.05) is 12.6 Å². The molecule has 152 valence electrons. The normalized spacial score (nSPS) is 19.3. The van der Waals surface area contributed by atoms with Gasteiger partial charge >= 0.3 is 0 Å². The van der Waals surface area contributed by atoms with E-state index in [0.717, 1.165) is 45.3 Å². The van der Waals surface area contributed by atoms with E-state index in [0.29, 0.717) is 16.7 Å². The number of aryl methyl sites for hydroxylation is 1. The van der Waals surface area contributed by atoms with Gasteiger partial charge in [0.1, 0.15) is 4.21 Å². The van der Waals surface area contributed by atoms with Crippen molar-refractivity contribution in [2.24, 2.45) is 5.92 Å². The third-order valence-electron chi connectivity index (χ3n) is 5.94. The molecule has 1 aliphatic carbocycles. The molecule has 1 aromatic heterocycles. The van der Waals surface area contributed by atoms with Crippen LogP contribution in [0.4, 0.5) is 0 Å². The van der Waals surface area contributed by atoms with Gasteiger partial charge in [0.15, 0.2) is 0 Å². The molecule has 0 radical (unpaired) electrons. The summed E-state index contributed by atoms with van der Waals surface area (Å²) in [5.41, 5.74) is 1.40. The van der Waals surface area contributed by atoms with Crippen molar-refractivity contribution in [3.8, 4) is 0 Å². The molecular weight excluding hydrogens is 388 g/mol. The fourth-order valence-corrected chi connectivity index (χ4v) is 6.99. The summed E-state index contributed by atoms with van der Waals surface area (Å²) in [4.78, 5) is 2.51. The Kier molecular flexibility index (Phi) is 6.51. The van der Waals surface area contributed by atoms with Crippen LogP contribution in [0.3, 0.4) is 0 Å². The molecule has 6 heteroatoms. The van der Waals surface area contributed by atoms with Gasteiger partial charge in [-0.15, -0.1) is 11.3 Å². The van der Waals surface area contributed by atoms with E-state index in [1.807, 2.05) is 15.8 Å². The topological polar surface area (TPSA) is 40.6 Å². The average molecular weight is 419 g/mol. The highest BCUT2D eigenvalue weighted by molar-refractivity contribution is 7.91. The molecule has 2 aromatic rings. The van der Waals surface area contributed by atoms with Crippen LogP contribution < -0.4 is 0 Å². The maximum atomic E-state index is 13.2. The quantitative estimate of drug-likeness (QED) is 0.611. The van der Waals surface area contributed by atoms with Crippen molar-refractivity contribution < 1.29 is 8.42 Å². The summed E-state index contributed by atoms with van der Waals surface area (Å²) in [6.45, 7) is 3.81. The first-order valence-corrected chi connectivity index (χ1v) is 12.8. The second-order valence-electron chi connectivity index (χ2n) is 8.11. The number of piperidine rings is 1. The molecule has 2 aliphatic rings. The van der Waals surface area contributed by atoms with Gasteiger partial charge in [0.25, 0.3) is 10.0 Å². The highest BCUT2D eigenvalue weighted by Gasteiger charge is 2.38. The molecule has 2 heterocycles. The van der Waals surface area contributed by atoms with E-state index in [1.54, 1.807) is 6.07 Å². The molecule has 4 rings (SSSR count). The maximum absolute atomic E-state index is 13.2. The first kappa shape index (κ1) is 20.1. The van der Waals surface area contributed by atoms with Crippen LogP contribution in [0.25, 0.3) is 0 Å². The van der Waals surface area contributed by atoms with Gasteiger partial charge in [-0.3, -0.25) is 0 Å². The molecule has 0 bridgehead atoms. The SMILES string of the molecule is O=S(=O)(c1cccs1)N(CC1CC1)C1CCN(CCCc2ccccc2)CC1. The van der Waals surface area contributed by atoms with Gasteiger partial charge in [-0.25, -0.2) is 8.42 Å². The molecule has 1 saturated heterocycles. The van der Waals surface area contributed by atoms with Gasteiger partial charge < -0.3 is 4.90 Å². The number of likely N-dealkylation sites (tertiary alicyclic amines) is 1. The van der Waals surface area contributed by atoms with Crippen molar-refractivity contribution in [3.63, 3.8) is 0 Å². The lowest BCUT2D eigenvalue weighted by molar-refractivity contribution is 0.155. The van der Waals surface area contributed by atoms with Crippen molar-refractivity contribution >= 4 is 21.4 Å². The van der Waals surface area contributed by atoms with Crippen molar-refractivity contribution in [1.82, 2.24) is 9.21 Å². The minimum Gasteiger partial charge on any atom is -0.303 e. The van der Waals surface area contributed by atoms with Gasteiger partial charge in [0.05, 0.1) is 0 Å². The largest absolute Gasteiger partial charge is 0.303 e. The van der Waals surface area contributed by atoms with Gasteiger partial charge in [0.2, 0.25) is 0 Å². The summed E-state index contributed by atoms with van der Waals surface area (Å²) in [6.07, 6.45) is 6.52. The summed E-state index contributed by atoms with van der Waals surface area (Å²) in [7, 11) is -3.35. The van der Waals surface area contributed by atoms with Crippen LogP contribution in [-0.4, -0.2) is 49.8 Å². The predicted octanol–water partition coefficient (Wildman–Crippen LogP) is 4.25. The average Bonchev–Trinajstić information content (AvgIpc) is 3.36. The number of hydrogen-bond donors (Lipinski definition) is 0. The second kappa shape index (κ2) is 9.08. The first-order valence-electron chi connectivity index (χ1n) is 10.4. The van der Waals surface area contributed by atoms with Crippen LogP contribution >= 0.6 is 11.3 Å². The Labute approximate surface area is 173 Å². The molecule has 0 spiro atoms. The smallest absolute Gasteiger partial charge is 0.252 e. The molecule has 1 aliphatic heterocycles. The Morgan fingerprint density at radius 3 is 2.39 bits per heavy atom. The van der Waals surface area contributed by atoms with Crippen LogP contribution in [-0.2, 0) is 16.4 Å². The molecular formula is C22H30N2O2S2. The van der Waals surface area contributed by atoms with Crippen LogP contribution in [0.1, 0.15) is 37.7 Å². The Morgan fingerprint density at radius 2 is 1.75 bits per heavy atom. The molecule has 0 N–H and O–H groups in total. The Balaban J connectivity index is 1.31. The molecule has 28 heavy (non-hydrogen) atoms. The summed E-state index contributed by atoms with van der Waals surface area (Å²) >= 11 is 1.34. The van der Waals surface area contributed by atoms with E-state index >= 15 is 0 Å². The van der Waals surface area contributed by atoms with Crippen molar-refractivity contribution in [1.29, 1.82) is 0 Å². The molecule has 2 fully saturated rings. The van der Waals surface area contributed by atoms with E-state index in [4.69, 9.17) is 0 Å². The van der Waals surface area contributed by atoms with Gasteiger partial charge in [-0.1, -0.05) is 36.4 Å². The zero-order valence-electron chi connectivity index (χ0n) is 16.4. The minimum atomic E-state index is -3.35. The highest BCUT2D eigenvalue weighted by Crippen LogP contribution is 2.35. The van der Waals surface area contributed by atoms with E-state index in [2.05, 4.69) is 35.2 Å². The monoisotopic (exact) mass is 418 g/mol. The third kappa shape index (κ3) is 5.03. The summed E-state index contributed by atoms with van der Waals surface area (Å²) in [5, 5.41) is 1.86. The van der Waals surface area contributed by atoms with Crippen molar-refractivity contribution in [2.75, 3.05) is 26.2 Å².